The van der Waals surface area contributed by atoms with Gasteiger partial charge in [-0.15, -0.1) is 0 Å². The van der Waals surface area contributed by atoms with E-state index in [0.29, 0.717) is 6.54 Å². The summed E-state index contributed by atoms with van der Waals surface area (Å²) in [5.41, 5.74) is 13.0. The molecule has 3 heteroatoms. The summed E-state index contributed by atoms with van der Waals surface area (Å²) in [5, 5.41) is 1.23. The number of pyridine rings is 1. The van der Waals surface area contributed by atoms with E-state index in [1.54, 1.807) is 0 Å². The molecule has 0 bridgehead atoms. The molecule has 0 unspecified atom stereocenters. The molecule has 2 N–H and O–H groups in total. The summed E-state index contributed by atoms with van der Waals surface area (Å²) in [4.78, 5) is 6.98. The van der Waals surface area contributed by atoms with Gasteiger partial charge in [-0.2, -0.15) is 0 Å². The minimum absolute atomic E-state index is 0.652. The zero-order valence-electron chi connectivity index (χ0n) is 12.5. The molecule has 1 aromatic heterocycles. The van der Waals surface area contributed by atoms with Crippen LogP contribution in [0.5, 0.6) is 0 Å². The van der Waals surface area contributed by atoms with Gasteiger partial charge >= 0.3 is 0 Å². The Bertz CT molecular complexity index is 615. The van der Waals surface area contributed by atoms with Crippen LogP contribution in [0.4, 0.5) is 5.69 Å². The van der Waals surface area contributed by atoms with Crippen molar-refractivity contribution >= 4 is 16.6 Å². The molecule has 0 fully saturated rings. The summed E-state index contributed by atoms with van der Waals surface area (Å²) < 4.78 is 0. The zero-order valence-corrected chi connectivity index (χ0v) is 12.5. The largest absolute Gasteiger partial charge is 0.377 e. The number of rotatable bonds is 3. The molecule has 0 amide bonds. The first-order valence-electron chi connectivity index (χ1n) is 6.73. The summed E-state index contributed by atoms with van der Waals surface area (Å²) in [7, 11) is 4.18. The van der Waals surface area contributed by atoms with Gasteiger partial charge in [-0.3, -0.25) is 4.98 Å². The Balaban J connectivity index is 2.89. The van der Waals surface area contributed by atoms with Gasteiger partial charge in [0.15, 0.2) is 0 Å². The summed E-state index contributed by atoms with van der Waals surface area (Å²) in [6.45, 7) is 6.99. The number of hydrogen-bond acceptors (Lipinski definition) is 3. The molecular formula is C16H23N3. The lowest BCUT2D eigenvalue weighted by molar-refractivity contribution is 0.933. The van der Waals surface area contributed by atoms with E-state index in [9.17, 15) is 0 Å². The van der Waals surface area contributed by atoms with Gasteiger partial charge in [0, 0.05) is 25.2 Å². The Morgan fingerprint density at radius 1 is 1.16 bits per heavy atom. The quantitative estimate of drug-likeness (QED) is 0.919. The van der Waals surface area contributed by atoms with Crippen molar-refractivity contribution in [2.24, 2.45) is 5.73 Å². The van der Waals surface area contributed by atoms with Gasteiger partial charge in [0.1, 0.15) is 0 Å². The summed E-state index contributed by atoms with van der Waals surface area (Å²) in [6, 6.07) is 4.42. The van der Waals surface area contributed by atoms with Crippen molar-refractivity contribution in [2.75, 3.05) is 25.5 Å². The topological polar surface area (TPSA) is 42.1 Å². The summed E-state index contributed by atoms with van der Waals surface area (Å²) in [5.74, 6) is 0. The molecule has 2 rings (SSSR count). The minimum atomic E-state index is 0.652. The number of hydrogen-bond donors (Lipinski definition) is 1. The van der Waals surface area contributed by atoms with Crippen LogP contribution in [-0.4, -0.2) is 25.6 Å². The highest BCUT2D eigenvalue weighted by Gasteiger charge is 2.15. The molecule has 19 heavy (non-hydrogen) atoms. The van der Waals surface area contributed by atoms with E-state index < -0.39 is 0 Å². The van der Waals surface area contributed by atoms with E-state index in [2.05, 4.69) is 51.9 Å². The lowest BCUT2D eigenvalue weighted by Gasteiger charge is -2.22. The van der Waals surface area contributed by atoms with Crippen molar-refractivity contribution < 1.29 is 0 Å². The maximum absolute atomic E-state index is 5.76. The molecule has 0 radical (unpaired) electrons. The predicted octanol–water partition coefficient (Wildman–Crippen LogP) is 2.73. The van der Waals surface area contributed by atoms with E-state index in [0.717, 1.165) is 17.6 Å². The normalized spacial score (nSPS) is 11.1. The third-order valence-electron chi connectivity index (χ3n) is 3.54. The Hall–Kier alpha value is -1.61. The average molecular weight is 257 g/mol. The molecule has 102 valence electrons. The van der Waals surface area contributed by atoms with Crippen molar-refractivity contribution in [1.29, 1.82) is 0 Å². The first-order valence-corrected chi connectivity index (χ1v) is 6.73. The second-order valence-electron chi connectivity index (χ2n) is 5.44. The molecule has 0 spiro atoms. The fraction of sp³-hybridized carbons (Fsp3) is 0.438. The molecule has 1 aromatic carbocycles. The minimum Gasteiger partial charge on any atom is -0.377 e. The van der Waals surface area contributed by atoms with Crippen LogP contribution in [-0.2, 0) is 6.42 Å². The number of nitrogens with zero attached hydrogens (tertiary/aromatic N) is 2. The second kappa shape index (κ2) is 5.17. The third-order valence-corrected chi connectivity index (χ3v) is 3.54. The number of fused-ring (bicyclic) bond motifs is 1. The number of aryl methyl sites for hydroxylation is 3. The van der Waals surface area contributed by atoms with Gasteiger partial charge in [-0.05, 0) is 50.9 Å². The van der Waals surface area contributed by atoms with Crippen LogP contribution in [0.3, 0.4) is 0 Å². The lowest BCUT2D eigenvalue weighted by atomic mass is 9.99. The van der Waals surface area contributed by atoms with Gasteiger partial charge in [0.05, 0.1) is 11.2 Å². The zero-order chi connectivity index (χ0) is 14.2. The van der Waals surface area contributed by atoms with Gasteiger partial charge < -0.3 is 10.6 Å². The Labute approximate surface area is 115 Å². The number of benzene rings is 1. The maximum Gasteiger partial charge on any atom is 0.0755 e. The van der Waals surface area contributed by atoms with E-state index in [1.165, 1.54) is 27.8 Å². The molecule has 0 atom stereocenters. The fourth-order valence-electron chi connectivity index (χ4n) is 2.81. The molecule has 0 aliphatic carbocycles. The van der Waals surface area contributed by atoms with Gasteiger partial charge in [0.25, 0.3) is 0 Å². The SMILES string of the molecule is Cc1cc(C)c2nc(C)c(CCN)c(N(C)C)c2c1. The van der Waals surface area contributed by atoms with Gasteiger partial charge in [-0.25, -0.2) is 0 Å². The molecule has 0 aliphatic heterocycles. The number of nitrogens with two attached hydrogens (primary N) is 1. The molecule has 1 heterocycles. The number of aromatic nitrogens is 1. The molecule has 0 aliphatic rings. The predicted molar refractivity (Wildman–Crippen MR) is 83.0 cm³/mol. The summed E-state index contributed by atoms with van der Waals surface area (Å²) in [6.07, 6.45) is 0.870. The standard InChI is InChI=1S/C16H23N3/c1-10-8-11(2)15-14(9-10)16(19(4)5)13(6-7-17)12(3)18-15/h8-9H,6-7,17H2,1-5H3. The maximum atomic E-state index is 5.76. The Morgan fingerprint density at radius 2 is 1.84 bits per heavy atom. The van der Waals surface area contributed by atoms with Crippen LogP contribution in [0.1, 0.15) is 22.4 Å². The van der Waals surface area contributed by atoms with E-state index in [4.69, 9.17) is 10.7 Å². The first-order chi connectivity index (χ1) is 8.95. The van der Waals surface area contributed by atoms with E-state index in [1.807, 2.05) is 0 Å². The highest BCUT2D eigenvalue weighted by molar-refractivity contribution is 5.96. The van der Waals surface area contributed by atoms with Gasteiger partial charge in [-0.1, -0.05) is 11.6 Å². The highest BCUT2D eigenvalue weighted by Crippen LogP contribution is 2.33. The molecule has 2 aromatic rings. The second-order valence-corrected chi connectivity index (χ2v) is 5.44. The van der Waals surface area contributed by atoms with E-state index >= 15 is 0 Å². The summed E-state index contributed by atoms with van der Waals surface area (Å²) >= 11 is 0. The molecule has 0 saturated carbocycles. The van der Waals surface area contributed by atoms with Crippen LogP contribution >= 0.6 is 0 Å². The molecular weight excluding hydrogens is 234 g/mol. The Kier molecular flexibility index (Phi) is 3.76. The van der Waals surface area contributed by atoms with Crippen LogP contribution in [0.15, 0.2) is 12.1 Å². The van der Waals surface area contributed by atoms with Gasteiger partial charge in [0.2, 0.25) is 0 Å². The lowest BCUT2D eigenvalue weighted by Crippen LogP contribution is -2.16. The van der Waals surface area contributed by atoms with Crippen molar-refractivity contribution in [3.63, 3.8) is 0 Å². The van der Waals surface area contributed by atoms with Crippen LogP contribution in [0.2, 0.25) is 0 Å². The van der Waals surface area contributed by atoms with Crippen LogP contribution in [0.25, 0.3) is 10.9 Å². The fourth-order valence-corrected chi connectivity index (χ4v) is 2.81. The van der Waals surface area contributed by atoms with E-state index in [-0.39, 0.29) is 0 Å². The number of anilines is 1. The third kappa shape index (κ3) is 2.43. The van der Waals surface area contributed by atoms with Crippen molar-refractivity contribution in [2.45, 2.75) is 27.2 Å². The smallest absolute Gasteiger partial charge is 0.0755 e. The Morgan fingerprint density at radius 3 is 2.42 bits per heavy atom. The van der Waals surface area contributed by atoms with Crippen molar-refractivity contribution in [3.05, 3.63) is 34.5 Å². The monoisotopic (exact) mass is 257 g/mol. The molecule has 0 saturated heterocycles. The average Bonchev–Trinajstić information content (AvgIpc) is 2.31. The van der Waals surface area contributed by atoms with Crippen LogP contribution < -0.4 is 10.6 Å². The first kappa shape index (κ1) is 13.8. The molecule has 3 nitrogen and oxygen atoms in total. The van der Waals surface area contributed by atoms with Crippen molar-refractivity contribution in [1.82, 2.24) is 4.98 Å². The van der Waals surface area contributed by atoms with Crippen molar-refractivity contribution in [3.8, 4) is 0 Å². The highest BCUT2D eigenvalue weighted by atomic mass is 15.1. The van der Waals surface area contributed by atoms with Crippen LogP contribution in [0, 0.1) is 20.8 Å².